The second kappa shape index (κ2) is 3.85. The molecule has 0 unspecified atom stereocenters. The number of rotatable bonds is 2. The van der Waals surface area contributed by atoms with Crippen LogP contribution in [0.25, 0.3) is 10.9 Å². The Labute approximate surface area is 89.1 Å². The van der Waals surface area contributed by atoms with Crippen LogP contribution in [0.3, 0.4) is 0 Å². The van der Waals surface area contributed by atoms with Gasteiger partial charge in [0.05, 0.1) is 18.0 Å². The lowest BCUT2D eigenvalue weighted by Crippen LogP contribution is -1.93. The maximum absolute atomic E-state index is 5.21. The van der Waals surface area contributed by atoms with Gasteiger partial charge in [0.15, 0.2) is 0 Å². The fourth-order valence-electron chi connectivity index (χ4n) is 1.57. The van der Waals surface area contributed by atoms with Crippen molar-refractivity contribution in [3.63, 3.8) is 0 Å². The molecular weight excluding hydrogens is 188 g/mol. The Morgan fingerprint density at radius 2 is 2.00 bits per heavy atom. The van der Waals surface area contributed by atoms with E-state index in [9.17, 15) is 0 Å². The monoisotopic (exact) mass is 202 g/mol. The molecule has 0 saturated carbocycles. The Morgan fingerprint density at radius 3 is 2.67 bits per heavy atom. The highest BCUT2D eigenvalue weighted by molar-refractivity contribution is 5.83. The zero-order valence-corrected chi connectivity index (χ0v) is 9.19. The number of benzene rings is 1. The molecule has 0 aliphatic rings. The van der Waals surface area contributed by atoms with Gasteiger partial charge in [-0.1, -0.05) is 19.9 Å². The van der Waals surface area contributed by atoms with Gasteiger partial charge in [-0.25, -0.2) is 9.97 Å². The first-order valence-corrected chi connectivity index (χ1v) is 5.01. The molecule has 15 heavy (non-hydrogen) atoms. The van der Waals surface area contributed by atoms with Crippen LogP contribution in [-0.4, -0.2) is 17.1 Å². The van der Waals surface area contributed by atoms with Crippen molar-refractivity contribution < 1.29 is 4.74 Å². The maximum atomic E-state index is 5.21. The summed E-state index contributed by atoms with van der Waals surface area (Å²) in [5.41, 5.74) is 2.20. The molecule has 0 fully saturated rings. The van der Waals surface area contributed by atoms with Gasteiger partial charge in [0, 0.05) is 0 Å². The van der Waals surface area contributed by atoms with Crippen LogP contribution in [0.2, 0.25) is 0 Å². The van der Waals surface area contributed by atoms with Crippen LogP contribution >= 0.6 is 0 Å². The van der Waals surface area contributed by atoms with Crippen molar-refractivity contribution >= 4 is 10.9 Å². The minimum absolute atomic E-state index is 0.499. The summed E-state index contributed by atoms with van der Waals surface area (Å²) in [6.07, 6.45) is 1.52. The standard InChI is InChI=1S/C12H14N2O/c1-8(2)9-4-5-11-10(6-9)12(15-3)14-7-13-11/h4-8H,1-3H3. The van der Waals surface area contributed by atoms with Gasteiger partial charge >= 0.3 is 0 Å². The van der Waals surface area contributed by atoms with E-state index < -0.39 is 0 Å². The van der Waals surface area contributed by atoms with Crippen LogP contribution < -0.4 is 4.74 Å². The minimum atomic E-state index is 0.499. The molecule has 1 aromatic carbocycles. The highest BCUT2D eigenvalue weighted by Crippen LogP contribution is 2.25. The van der Waals surface area contributed by atoms with Gasteiger partial charge in [0.1, 0.15) is 6.33 Å². The molecule has 0 spiro atoms. The lowest BCUT2D eigenvalue weighted by atomic mass is 10.0. The van der Waals surface area contributed by atoms with E-state index in [-0.39, 0.29) is 0 Å². The first kappa shape index (κ1) is 9.90. The quantitative estimate of drug-likeness (QED) is 0.751. The van der Waals surface area contributed by atoms with Crippen LogP contribution in [0, 0.1) is 0 Å². The van der Waals surface area contributed by atoms with Crippen LogP contribution in [-0.2, 0) is 0 Å². The van der Waals surface area contributed by atoms with Crippen LogP contribution in [0.15, 0.2) is 24.5 Å². The molecule has 1 heterocycles. The van der Waals surface area contributed by atoms with Crippen LogP contribution in [0.1, 0.15) is 25.3 Å². The molecule has 0 atom stereocenters. The van der Waals surface area contributed by atoms with E-state index in [1.807, 2.05) is 6.07 Å². The van der Waals surface area contributed by atoms with Gasteiger partial charge in [-0.2, -0.15) is 0 Å². The molecule has 2 aromatic rings. The molecule has 78 valence electrons. The van der Waals surface area contributed by atoms with Gasteiger partial charge in [0.25, 0.3) is 0 Å². The Balaban J connectivity index is 2.67. The van der Waals surface area contributed by atoms with Gasteiger partial charge in [-0.3, -0.25) is 0 Å². The molecule has 3 nitrogen and oxygen atoms in total. The van der Waals surface area contributed by atoms with Crippen molar-refractivity contribution in [2.75, 3.05) is 7.11 Å². The predicted octanol–water partition coefficient (Wildman–Crippen LogP) is 2.76. The minimum Gasteiger partial charge on any atom is -0.480 e. The third kappa shape index (κ3) is 1.77. The Kier molecular flexibility index (Phi) is 2.54. The molecule has 0 radical (unpaired) electrons. The second-order valence-electron chi connectivity index (χ2n) is 3.81. The predicted molar refractivity (Wildman–Crippen MR) is 60.2 cm³/mol. The van der Waals surface area contributed by atoms with Crippen molar-refractivity contribution in [2.45, 2.75) is 19.8 Å². The van der Waals surface area contributed by atoms with Gasteiger partial charge in [0.2, 0.25) is 5.88 Å². The van der Waals surface area contributed by atoms with E-state index in [0.29, 0.717) is 11.8 Å². The summed E-state index contributed by atoms with van der Waals surface area (Å²) in [7, 11) is 1.63. The summed E-state index contributed by atoms with van der Waals surface area (Å²) in [6.45, 7) is 4.33. The first-order chi connectivity index (χ1) is 7.22. The number of methoxy groups -OCH3 is 1. The van der Waals surface area contributed by atoms with E-state index in [2.05, 4.69) is 35.9 Å². The van der Waals surface area contributed by atoms with Crippen molar-refractivity contribution in [2.24, 2.45) is 0 Å². The summed E-state index contributed by atoms with van der Waals surface area (Å²) >= 11 is 0. The first-order valence-electron chi connectivity index (χ1n) is 5.01. The molecule has 0 aliphatic carbocycles. The fourth-order valence-corrected chi connectivity index (χ4v) is 1.57. The third-order valence-electron chi connectivity index (χ3n) is 2.48. The van der Waals surface area contributed by atoms with Crippen LogP contribution in [0.5, 0.6) is 5.88 Å². The third-order valence-corrected chi connectivity index (χ3v) is 2.48. The molecule has 0 amide bonds. The van der Waals surface area contributed by atoms with Gasteiger partial charge in [-0.05, 0) is 23.6 Å². The van der Waals surface area contributed by atoms with E-state index in [0.717, 1.165) is 10.9 Å². The largest absolute Gasteiger partial charge is 0.480 e. The summed E-state index contributed by atoms with van der Waals surface area (Å²) in [6, 6.07) is 6.20. The SMILES string of the molecule is COc1ncnc2ccc(C(C)C)cc12. The molecule has 0 saturated heterocycles. The maximum Gasteiger partial charge on any atom is 0.224 e. The summed E-state index contributed by atoms with van der Waals surface area (Å²) in [5.74, 6) is 1.14. The topological polar surface area (TPSA) is 35.0 Å². The van der Waals surface area contributed by atoms with E-state index in [4.69, 9.17) is 4.74 Å². The highest BCUT2D eigenvalue weighted by Gasteiger charge is 2.06. The molecule has 0 N–H and O–H groups in total. The zero-order valence-electron chi connectivity index (χ0n) is 9.19. The fraction of sp³-hybridized carbons (Fsp3) is 0.333. The van der Waals surface area contributed by atoms with E-state index in [1.165, 1.54) is 11.9 Å². The number of aromatic nitrogens is 2. The van der Waals surface area contributed by atoms with Gasteiger partial charge in [-0.15, -0.1) is 0 Å². The number of hydrogen-bond donors (Lipinski definition) is 0. The lowest BCUT2D eigenvalue weighted by molar-refractivity contribution is 0.402. The van der Waals surface area contributed by atoms with Crippen molar-refractivity contribution in [3.05, 3.63) is 30.1 Å². The van der Waals surface area contributed by atoms with E-state index >= 15 is 0 Å². The van der Waals surface area contributed by atoms with Crippen molar-refractivity contribution in [3.8, 4) is 5.88 Å². The Morgan fingerprint density at radius 1 is 1.20 bits per heavy atom. The Bertz CT molecular complexity index is 480. The molecule has 0 bridgehead atoms. The molecule has 0 aliphatic heterocycles. The summed E-state index contributed by atoms with van der Waals surface area (Å²) in [4.78, 5) is 8.29. The normalized spacial score (nSPS) is 10.9. The van der Waals surface area contributed by atoms with Gasteiger partial charge < -0.3 is 4.74 Å². The average molecular weight is 202 g/mol. The smallest absolute Gasteiger partial charge is 0.224 e. The van der Waals surface area contributed by atoms with Crippen molar-refractivity contribution in [1.82, 2.24) is 9.97 Å². The number of ether oxygens (including phenoxy) is 1. The summed E-state index contributed by atoms with van der Waals surface area (Å²) < 4.78 is 5.21. The highest BCUT2D eigenvalue weighted by atomic mass is 16.5. The van der Waals surface area contributed by atoms with Crippen molar-refractivity contribution in [1.29, 1.82) is 0 Å². The summed E-state index contributed by atoms with van der Waals surface area (Å²) in [5, 5.41) is 0.978. The van der Waals surface area contributed by atoms with Crippen LogP contribution in [0.4, 0.5) is 0 Å². The number of nitrogens with zero attached hydrogens (tertiary/aromatic N) is 2. The zero-order chi connectivity index (χ0) is 10.8. The average Bonchev–Trinajstić information content (AvgIpc) is 2.27. The molecule has 2 rings (SSSR count). The molecule has 3 heteroatoms. The van der Waals surface area contributed by atoms with E-state index in [1.54, 1.807) is 7.11 Å². The Hall–Kier alpha value is -1.64. The second-order valence-corrected chi connectivity index (χ2v) is 3.81. The lowest BCUT2D eigenvalue weighted by Gasteiger charge is -2.08. The molecular formula is C12H14N2O. The number of fused-ring (bicyclic) bond motifs is 1. The number of hydrogen-bond acceptors (Lipinski definition) is 3. The molecule has 1 aromatic heterocycles.